The van der Waals surface area contributed by atoms with E-state index < -0.39 is 40.2 Å². The summed E-state index contributed by atoms with van der Waals surface area (Å²) in [6.45, 7) is 2.92. The van der Waals surface area contributed by atoms with Crippen LogP contribution in [0.4, 0.5) is 10.1 Å². The molecule has 214 valence electrons. The minimum absolute atomic E-state index is 0.0631. The molecule has 0 fully saturated rings. The number of rotatable bonds is 12. The highest BCUT2D eigenvalue weighted by atomic mass is 35.5. The number of methoxy groups -OCH3 is 1. The fourth-order valence-electron chi connectivity index (χ4n) is 4.17. The van der Waals surface area contributed by atoms with Gasteiger partial charge in [-0.2, -0.15) is 0 Å². The van der Waals surface area contributed by atoms with Crippen molar-refractivity contribution in [2.75, 3.05) is 24.2 Å². The molecule has 3 aromatic rings. The van der Waals surface area contributed by atoms with Gasteiger partial charge in [0.1, 0.15) is 24.2 Å². The molecule has 0 aromatic heterocycles. The minimum Gasteiger partial charge on any atom is -0.495 e. The number of halogens is 2. The highest BCUT2D eigenvalue weighted by Crippen LogP contribution is 2.33. The second-order valence-corrected chi connectivity index (χ2v) is 11.9. The van der Waals surface area contributed by atoms with Crippen LogP contribution in [0.1, 0.15) is 25.0 Å². The van der Waals surface area contributed by atoms with Crippen molar-refractivity contribution in [3.05, 3.63) is 94.8 Å². The van der Waals surface area contributed by atoms with E-state index in [-0.39, 0.29) is 35.5 Å². The van der Waals surface area contributed by atoms with Gasteiger partial charge in [-0.3, -0.25) is 13.9 Å². The Kier molecular flexibility index (Phi) is 10.5. The van der Waals surface area contributed by atoms with Crippen molar-refractivity contribution < 1.29 is 27.1 Å². The molecule has 11 heteroatoms. The molecule has 3 rings (SSSR count). The van der Waals surface area contributed by atoms with Gasteiger partial charge in [0.25, 0.3) is 0 Å². The third kappa shape index (κ3) is 8.43. The summed E-state index contributed by atoms with van der Waals surface area (Å²) < 4.78 is 45.8. The van der Waals surface area contributed by atoms with Gasteiger partial charge in [-0.05, 0) is 55.3 Å². The summed E-state index contributed by atoms with van der Waals surface area (Å²) in [5.74, 6) is -1.29. The van der Waals surface area contributed by atoms with Gasteiger partial charge in [0.15, 0.2) is 0 Å². The molecule has 8 nitrogen and oxygen atoms in total. The lowest BCUT2D eigenvalue weighted by atomic mass is 10.0. The topological polar surface area (TPSA) is 96.0 Å². The number of sulfonamides is 1. The number of hydrogen-bond acceptors (Lipinski definition) is 5. The average Bonchev–Trinajstić information content (AvgIpc) is 2.89. The fraction of sp³-hybridized carbons (Fsp3) is 0.310. The van der Waals surface area contributed by atoms with Crippen LogP contribution < -0.4 is 14.4 Å². The SMILES string of the molecule is COc1ccc(Cl)cc1N(CC(=O)N(Cc1ccc(F)cc1)[C@H](Cc1ccccc1)C(=O)NC(C)C)S(C)(=O)=O. The van der Waals surface area contributed by atoms with Crippen molar-refractivity contribution >= 4 is 39.1 Å². The quantitative estimate of drug-likeness (QED) is 0.337. The maximum absolute atomic E-state index is 14.0. The largest absolute Gasteiger partial charge is 0.495 e. The first-order valence-electron chi connectivity index (χ1n) is 12.6. The first-order chi connectivity index (χ1) is 18.9. The summed E-state index contributed by atoms with van der Waals surface area (Å²) >= 11 is 6.16. The number of nitrogens with zero attached hydrogens (tertiary/aromatic N) is 2. The number of hydrogen-bond donors (Lipinski definition) is 1. The van der Waals surface area contributed by atoms with E-state index in [2.05, 4.69) is 5.32 Å². The van der Waals surface area contributed by atoms with Gasteiger partial charge < -0.3 is 15.0 Å². The maximum atomic E-state index is 14.0. The van der Waals surface area contributed by atoms with Gasteiger partial charge in [-0.25, -0.2) is 12.8 Å². The molecule has 3 aromatic carbocycles. The highest BCUT2D eigenvalue weighted by Gasteiger charge is 2.34. The second kappa shape index (κ2) is 13.6. The molecule has 0 spiro atoms. The molecule has 0 aliphatic carbocycles. The summed E-state index contributed by atoms with van der Waals surface area (Å²) in [4.78, 5) is 28.9. The van der Waals surface area contributed by atoms with Crippen molar-refractivity contribution in [1.29, 1.82) is 0 Å². The Balaban J connectivity index is 2.09. The lowest BCUT2D eigenvalue weighted by Gasteiger charge is -2.34. The molecule has 1 N–H and O–H groups in total. The summed E-state index contributed by atoms with van der Waals surface area (Å²) in [7, 11) is -2.62. The maximum Gasteiger partial charge on any atom is 0.244 e. The number of benzene rings is 3. The van der Waals surface area contributed by atoms with E-state index >= 15 is 0 Å². The zero-order valence-electron chi connectivity index (χ0n) is 22.8. The second-order valence-electron chi connectivity index (χ2n) is 9.60. The molecule has 1 atom stereocenters. The van der Waals surface area contributed by atoms with E-state index in [9.17, 15) is 22.4 Å². The van der Waals surface area contributed by atoms with E-state index in [0.29, 0.717) is 5.56 Å². The predicted octanol–water partition coefficient (Wildman–Crippen LogP) is 4.42. The Hall–Kier alpha value is -3.63. The Morgan fingerprint density at radius 2 is 1.65 bits per heavy atom. The number of nitrogens with one attached hydrogen (secondary N) is 1. The number of ether oxygens (including phenoxy) is 1. The van der Waals surface area contributed by atoms with Crippen molar-refractivity contribution in [3.8, 4) is 5.75 Å². The summed E-state index contributed by atoms with van der Waals surface area (Å²) in [5, 5.41) is 3.12. The predicted molar refractivity (Wildman–Crippen MR) is 154 cm³/mol. The van der Waals surface area contributed by atoms with Crippen LogP contribution in [0.15, 0.2) is 72.8 Å². The van der Waals surface area contributed by atoms with Crippen molar-refractivity contribution in [2.45, 2.75) is 38.9 Å². The molecule has 0 unspecified atom stereocenters. The molecule has 0 radical (unpaired) electrons. The number of amides is 2. The van der Waals surface area contributed by atoms with E-state index in [0.717, 1.165) is 16.1 Å². The molecule has 0 heterocycles. The van der Waals surface area contributed by atoms with E-state index in [1.165, 1.54) is 48.4 Å². The smallest absolute Gasteiger partial charge is 0.244 e. The lowest BCUT2D eigenvalue weighted by molar-refractivity contribution is -0.140. The van der Waals surface area contributed by atoms with E-state index in [4.69, 9.17) is 16.3 Å². The Morgan fingerprint density at radius 1 is 1.00 bits per heavy atom. The van der Waals surface area contributed by atoms with Gasteiger partial charge in [0, 0.05) is 24.0 Å². The van der Waals surface area contributed by atoms with Gasteiger partial charge in [0.05, 0.1) is 19.1 Å². The van der Waals surface area contributed by atoms with Crippen molar-refractivity contribution in [1.82, 2.24) is 10.2 Å². The first kappa shape index (κ1) is 30.9. The number of carbonyl (C=O) groups excluding carboxylic acids is 2. The Bertz CT molecular complexity index is 1420. The number of anilines is 1. The third-order valence-electron chi connectivity index (χ3n) is 6.06. The lowest BCUT2D eigenvalue weighted by Crippen LogP contribution is -2.54. The normalized spacial score (nSPS) is 12.1. The van der Waals surface area contributed by atoms with E-state index in [1.807, 2.05) is 30.3 Å². The van der Waals surface area contributed by atoms with Crippen LogP contribution in [0, 0.1) is 5.82 Å². The molecule has 0 bridgehead atoms. The minimum atomic E-state index is -4.00. The molecular formula is C29H33ClFN3O5S. The van der Waals surface area contributed by atoms with E-state index in [1.54, 1.807) is 19.9 Å². The molecule has 0 saturated heterocycles. The van der Waals surface area contributed by atoms with Crippen LogP contribution >= 0.6 is 11.6 Å². The third-order valence-corrected chi connectivity index (χ3v) is 7.42. The summed E-state index contributed by atoms with van der Waals surface area (Å²) in [6.07, 6.45) is 1.14. The molecule has 40 heavy (non-hydrogen) atoms. The zero-order valence-corrected chi connectivity index (χ0v) is 24.4. The number of carbonyl (C=O) groups is 2. The van der Waals surface area contributed by atoms with Gasteiger partial charge in [-0.15, -0.1) is 0 Å². The Labute approximate surface area is 239 Å². The van der Waals surface area contributed by atoms with Gasteiger partial charge >= 0.3 is 0 Å². The fourth-order valence-corrected chi connectivity index (χ4v) is 5.19. The van der Waals surface area contributed by atoms with Crippen LogP contribution in [0.2, 0.25) is 5.02 Å². The summed E-state index contributed by atoms with van der Waals surface area (Å²) in [5.41, 5.74) is 1.45. The van der Waals surface area contributed by atoms with Crippen LogP contribution in [0.25, 0.3) is 0 Å². The standard InChI is InChI=1S/C29H33ClFN3O5S/c1-20(2)32-29(36)26(16-21-8-6-5-7-9-21)33(18-22-10-13-24(31)14-11-22)28(35)19-34(40(4,37)38)25-17-23(30)12-15-27(25)39-3/h5-15,17,20,26H,16,18-19H2,1-4H3,(H,32,36)/t26-/m1/s1. The van der Waals surface area contributed by atoms with Crippen molar-refractivity contribution in [2.24, 2.45) is 0 Å². The average molecular weight is 590 g/mol. The highest BCUT2D eigenvalue weighted by molar-refractivity contribution is 7.92. The molecule has 0 aliphatic heterocycles. The van der Waals surface area contributed by atoms with Crippen LogP contribution in [-0.4, -0.2) is 57.1 Å². The zero-order chi connectivity index (χ0) is 29.4. The van der Waals surface area contributed by atoms with Gasteiger partial charge in [0.2, 0.25) is 21.8 Å². The molecule has 2 amide bonds. The Morgan fingerprint density at radius 3 is 2.23 bits per heavy atom. The van der Waals surface area contributed by atoms with Crippen LogP contribution in [-0.2, 0) is 32.6 Å². The van der Waals surface area contributed by atoms with Crippen molar-refractivity contribution in [3.63, 3.8) is 0 Å². The monoisotopic (exact) mass is 589 g/mol. The van der Waals surface area contributed by atoms with Crippen LogP contribution in [0.3, 0.4) is 0 Å². The van der Waals surface area contributed by atoms with Gasteiger partial charge in [-0.1, -0.05) is 54.1 Å². The molecule has 0 aliphatic rings. The molecular weight excluding hydrogens is 557 g/mol. The molecule has 0 saturated carbocycles. The first-order valence-corrected chi connectivity index (χ1v) is 14.8. The van der Waals surface area contributed by atoms with Crippen LogP contribution in [0.5, 0.6) is 5.75 Å². The summed E-state index contributed by atoms with van der Waals surface area (Å²) in [6, 6.07) is 18.0.